The molecule has 28 heavy (non-hydrogen) atoms. The molecule has 0 aliphatic carbocycles. The number of aldehydes is 2. The molecule has 162 valence electrons. The molecule has 10 nitrogen and oxygen atoms in total. The second-order valence-electron chi connectivity index (χ2n) is 6.63. The van der Waals surface area contributed by atoms with Crippen LogP contribution in [-0.4, -0.2) is 71.9 Å². The Labute approximate surface area is 165 Å². The van der Waals surface area contributed by atoms with Crippen LogP contribution in [0.25, 0.3) is 0 Å². The van der Waals surface area contributed by atoms with Crippen LogP contribution in [0.4, 0.5) is 0 Å². The summed E-state index contributed by atoms with van der Waals surface area (Å²) in [7, 11) is 0. The molecule has 0 radical (unpaired) electrons. The number of aliphatic hydroxyl groups is 1. The first-order valence-electron chi connectivity index (χ1n) is 8.22. The van der Waals surface area contributed by atoms with Crippen molar-refractivity contribution < 1.29 is 34.4 Å². The molecule has 3 rings (SSSR count). The number of rotatable bonds is 3. The molecule has 1 aromatic heterocycles. The third kappa shape index (κ3) is 10.9. The number of aliphatic hydroxyl groups excluding tert-OH is 1. The lowest BCUT2D eigenvalue weighted by Gasteiger charge is -2.35. The number of hydrogen-bond acceptors (Lipinski definition) is 8. The first kappa shape index (κ1) is 30.6. The zero-order valence-electron chi connectivity index (χ0n) is 17.1. The molecule has 10 heteroatoms. The van der Waals surface area contributed by atoms with Gasteiger partial charge in [0.25, 0.3) is 0 Å². The van der Waals surface area contributed by atoms with Gasteiger partial charge in [-0.2, -0.15) is 4.79 Å². The molecular formula is C18H34N3O7+. The number of carbonyl (C=O) groups excluding carboxylic acids is 3. The van der Waals surface area contributed by atoms with Gasteiger partial charge >= 0.3 is 12.1 Å². The van der Waals surface area contributed by atoms with Crippen LogP contribution in [0.3, 0.4) is 0 Å². The zero-order chi connectivity index (χ0) is 20.2. The number of nitrogens with zero attached hydrogens (tertiary/aromatic N) is 1. The highest BCUT2D eigenvalue weighted by Crippen LogP contribution is 2.28. The predicted octanol–water partition coefficient (Wildman–Crippen LogP) is 0.152. The molecule has 2 saturated heterocycles. The van der Waals surface area contributed by atoms with E-state index in [1.165, 1.54) is 0 Å². The van der Waals surface area contributed by atoms with Crippen LogP contribution in [0.1, 0.15) is 32.3 Å². The Bertz CT molecular complexity index is 567. The van der Waals surface area contributed by atoms with E-state index in [1.807, 2.05) is 20.0 Å². The Morgan fingerprint density at radius 1 is 1.29 bits per heavy atom. The fourth-order valence-electron chi connectivity index (χ4n) is 1.76. The summed E-state index contributed by atoms with van der Waals surface area (Å²) in [4.78, 5) is 36.0. The quantitative estimate of drug-likeness (QED) is 0.361. The average molecular weight is 404 g/mol. The van der Waals surface area contributed by atoms with Crippen molar-refractivity contribution in [2.45, 2.75) is 33.1 Å². The number of Topliss-reactive ketones (excluding diaryl/α,β-unsaturated/α-hetero) is 1. The largest absolute Gasteiger partial charge is 0.412 e. The molecule has 0 saturated carbocycles. The van der Waals surface area contributed by atoms with Gasteiger partial charge in [0, 0.05) is 18.5 Å². The third-order valence-electron chi connectivity index (χ3n) is 3.40. The summed E-state index contributed by atoms with van der Waals surface area (Å²) in [6, 6.07) is 0. The SMILES string of the molecule is CC1(C=O)COC1.CCO.Cc1cnc(C2(C)COC2)[nH]1.N.O.[CH2+]C(=O)C=O. The number of H-pyrrole nitrogens is 1. The summed E-state index contributed by atoms with van der Waals surface area (Å²) in [6.07, 6.45) is 2.98. The van der Waals surface area contributed by atoms with E-state index in [4.69, 9.17) is 19.4 Å². The van der Waals surface area contributed by atoms with Crippen LogP contribution in [-0.2, 0) is 29.3 Å². The second kappa shape index (κ2) is 14.9. The maximum absolute atomic E-state index is 10.0. The number of aromatic nitrogens is 2. The number of hydrogen-bond donors (Lipinski definition) is 3. The molecule has 0 bridgehead atoms. The lowest BCUT2D eigenvalue weighted by atomic mass is 9.88. The van der Waals surface area contributed by atoms with Gasteiger partial charge in [0.1, 0.15) is 12.1 Å². The van der Waals surface area contributed by atoms with Crippen molar-refractivity contribution in [3.05, 3.63) is 24.6 Å². The number of imidazole rings is 1. The van der Waals surface area contributed by atoms with Crippen molar-refractivity contribution in [3.63, 3.8) is 0 Å². The minimum absolute atomic E-state index is 0. The highest BCUT2D eigenvalue weighted by atomic mass is 16.5. The number of nitrogens with one attached hydrogen (secondary N) is 1. The summed E-state index contributed by atoms with van der Waals surface area (Å²) in [5.41, 5.74) is 1.13. The van der Waals surface area contributed by atoms with Crippen LogP contribution in [0.15, 0.2) is 6.20 Å². The number of ether oxygens (including phenoxy) is 2. The number of aromatic amines is 1. The Morgan fingerprint density at radius 3 is 1.86 bits per heavy atom. The Balaban J connectivity index is -0.000000323. The molecule has 0 atom stereocenters. The first-order valence-corrected chi connectivity index (χ1v) is 8.22. The molecule has 2 aliphatic heterocycles. The van der Waals surface area contributed by atoms with Gasteiger partial charge in [0.15, 0.2) is 0 Å². The topological polar surface area (TPSA) is 185 Å². The maximum Gasteiger partial charge on any atom is 0.367 e. The van der Waals surface area contributed by atoms with E-state index in [-0.39, 0.29) is 35.3 Å². The van der Waals surface area contributed by atoms with Crippen LogP contribution in [0.2, 0.25) is 0 Å². The summed E-state index contributed by atoms with van der Waals surface area (Å²) >= 11 is 0. The third-order valence-corrected chi connectivity index (χ3v) is 3.40. The molecule has 2 aliphatic rings. The molecule has 0 spiro atoms. The molecule has 7 N–H and O–H groups in total. The van der Waals surface area contributed by atoms with Crippen molar-refractivity contribution in [2.24, 2.45) is 5.41 Å². The first-order chi connectivity index (χ1) is 12.2. The maximum atomic E-state index is 10.0. The molecule has 0 aromatic carbocycles. The van der Waals surface area contributed by atoms with Gasteiger partial charge in [-0.25, -0.2) is 9.78 Å². The highest BCUT2D eigenvalue weighted by Gasteiger charge is 2.37. The van der Waals surface area contributed by atoms with Gasteiger partial charge in [-0.3, -0.25) is 0 Å². The molecular weight excluding hydrogens is 370 g/mol. The average Bonchev–Trinajstić information content (AvgIpc) is 2.99. The Kier molecular flexibility index (Phi) is 16.3. The van der Waals surface area contributed by atoms with Crippen molar-refractivity contribution in [1.82, 2.24) is 16.1 Å². The summed E-state index contributed by atoms with van der Waals surface area (Å²) in [5, 5.41) is 7.57. The van der Waals surface area contributed by atoms with Crippen molar-refractivity contribution >= 4 is 18.4 Å². The van der Waals surface area contributed by atoms with Gasteiger partial charge in [-0.05, 0) is 27.7 Å². The normalized spacial score (nSPS) is 16.6. The summed E-state index contributed by atoms with van der Waals surface area (Å²) < 4.78 is 9.94. The van der Waals surface area contributed by atoms with Gasteiger partial charge in [-0.15, -0.1) is 0 Å². The molecule has 0 unspecified atom stereocenters. The summed E-state index contributed by atoms with van der Waals surface area (Å²) in [5.74, 6) is 0.381. The van der Waals surface area contributed by atoms with Gasteiger partial charge in [0.2, 0.25) is 0 Å². The number of ketones is 1. The fourth-order valence-corrected chi connectivity index (χ4v) is 1.76. The van der Waals surface area contributed by atoms with Crippen LogP contribution < -0.4 is 6.15 Å². The van der Waals surface area contributed by atoms with E-state index in [2.05, 4.69) is 23.8 Å². The van der Waals surface area contributed by atoms with E-state index in [0.29, 0.717) is 13.2 Å². The van der Waals surface area contributed by atoms with Crippen LogP contribution in [0, 0.1) is 19.3 Å². The van der Waals surface area contributed by atoms with Crippen LogP contribution in [0.5, 0.6) is 0 Å². The molecule has 2 fully saturated rings. The fraction of sp³-hybridized carbons (Fsp3) is 0.611. The van der Waals surface area contributed by atoms with E-state index in [0.717, 1.165) is 31.0 Å². The van der Waals surface area contributed by atoms with E-state index < -0.39 is 5.78 Å². The summed E-state index contributed by atoms with van der Waals surface area (Å²) in [6.45, 7) is 13.5. The van der Waals surface area contributed by atoms with Gasteiger partial charge in [-0.1, -0.05) is 0 Å². The van der Waals surface area contributed by atoms with Crippen molar-refractivity contribution in [3.8, 4) is 0 Å². The minimum Gasteiger partial charge on any atom is -0.412 e. The zero-order valence-corrected chi connectivity index (χ0v) is 17.1. The monoisotopic (exact) mass is 404 g/mol. The number of carbonyl (C=O) groups is 3. The lowest BCUT2D eigenvalue weighted by Crippen LogP contribution is -2.44. The van der Waals surface area contributed by atoms with Gasteiger partial charge < -0.3 is 36.0 Å². The molecule has 1 aromatic rings. The van der Waals surface area contributed by atoms with E-state index in [9.17, 15) is 9.59 Å². The Hall–Kier alpha value is -2.11. The molecule has 3 heterocycles. The van der Waals surface area contributed by atoms with Crippen LogP contribution >= 0.6 is 0 Å². The molecule has 0 amide bonds. The highest BCUT2D eigenvalue weighted by molar-refractivity contribution is 6.27. The predicted molar refractivity (Wildman–Crippen MR) is 104 cm³/mol. The minimum atomic E-state index is -0.676. The Morgan fingerprint density at radius 2 is 1.71 bits per heavy atom. The van der Waals surface area contributed by atoms with Crippen molar-refractivity contribution in [1.29, 1.82) is 0 Å². The van der Waals surface area contributed by atoms with E-state index in [1.54, 1.807) is 6.92 Å². The second-order valence-corrected chi connectivity index (χ2v) is 6.63. The van der Waals surface area contributed by atoms with E-state index >= 15 is 0 Å². The smallest absolute Gasteiger partial charge is 0.367 e. The standard InChI is InChI=1S/C8H12N2O.C5H8O2.C3H3O2.C2H6O.H3N.H2O/c1-6-3-9-7(10-6)8(2)4-11-5-8;1-5(2-6)3-7-4-5;1-3(5)2-4;1-2-3;;/h3H,4-5H2,1-2H3,(H,9,10);2H,3-4H2,1H3;2H,1H2;3H,2H2,1H3;1H3;1H2/q;;+1;;;. The van der Waals surface area contributed by atoms with Gasteiger partial charge in [0.05, 0.1) is 44.2 Å². The number of aryl methyl sites for hydroxylation is 1. The van der Waals surface area contributed by atoms with Crippen molar-refractivity contribution in [2.75, 3.05) is 33.0 Å². The lowest BCUT2D eigenvalue weighted by molar-refractivity contribution is -0.141.